The molecule has 21 heavy (non-hydrogen) atoms. The van der Waals surface area contributed by atoms with Crippen LogP contribution in [0.3, 0.4) is 0 Å². The van der Waals surface area contributed by atoms with Crippen molar-refractivity contribution in [3.63, 3.8) is 0 Å². The smallest absolute Gasteiger partial charge is 0.0663 e. The number of allylic oxidation sites excluding steroid dienone is 8. The summed E-state index contributed by atoms with van der Waals surface area (Å²) in [5.74, 6) is 0. The van der Waals surface area contributed by atoms with Gasteiger partial charge in [-0.15, -0.1) is 0 Å². The molecule has 112 valence electrons. The van der Waals surface area contributed by atoms with E-state index in [-0.39, 0.29) is 0 Å². The van der Waals surface area contributed by atoms with Gasteiger partial charge >= 0.3 is 0 Å². The molecule has 0 amide bonds. The summed E-state index contributed by atoms with van der Waals surface area (Å²) in [6, 6.07) is 0. The average molecular weight is 285 g/mol. The second kappa shape index (κ2) is 8.71. The van der Waals surface area contributed by atoms with Crippen LogP contribution in [-0.4, -0.2) is 24.1 Å². The Hall–Kier alpha value is -2.40. The van der Waals surface area contributed by atoms with E-state index < -0.39 is 0 Å². The van der Waals surface area contributed by atoms with E-state index in [2.05, 4.69) is 17.2 Å². The molecule has 0 aliphatic heterocycles. The van der Waals surface area contributed by atoms with E-state index in [9.17, 15) is 0 Å². The Bertz CT molecular complexity index is 517. The summed E-state index contributed by atoms with van der Waals surface area (Å²) >= 11 is 0. The molecular formula is C16H23N5. The number of rotatable bonds is 7. The molecule has 0 saturated carbocycles. The van der Waals surface area contributed by atoms with Crippen molar-refractivity contribution in [3.8, 4) is 0 Å². The fourth-order valence-electron chi connectivity index (χ4n) is 1.84. The van der Waals surface area contributed by atoms with Gasteiger partial charge in [0.15, 0.2) is 0 Å². The highest BCUT2D eigenvalue weighted by molar-refractivity contribution is 6.03. The van der Waals surface area contributed by atoms with Crippen LogP contribution < -0.4 is 11.2 Å². The number of hydrogen-bond donors (Lipinski definition) is 3. The lowest BCUT2D eigenvalue weighted by Gasteiger charge is -2.23. The number of nitrogens with two attached hydrogens (primary N) is 1. The van der Waals surface area contributed by atoms with Crippen LogP contribution in [0.4, 0.5) is 0 Å². The number of nitrogens with zero attached hydrogens (tertiary/aromatic N) is 2. The van der Waals surface area contributed by atoms with E-state index in [1.165, 1.54) is 0 Å². The molecule has 0 radical (unpaired) electrons. The molecule has 0 bridgehead atoms. The molecule has 4 N–H and O–H groups in total. The van der Waals surface area contributed by atoms with Crippen LogP contribution in [0.5, 0.6) is 0 Å². The van der Waals surface area contributed by atoms with E-state index >= 15 is 0 Å². The lowest BCUT2D eigenvalue weighted by molar-refractivity contribution is 0.260. The zero-order valence-electron chi connectivity index (χ0n) is 12.6. The quantitative estimate of drug-likeness (QED) is 0.382. The Kier molecular flexibility index (Phi) is 6.91. The molecule has 1 aliphatic carbocycles. The topological polar surface area (TPSA) is 77.5 Å². The van der Waals surface area contributed by atoms with Gasteiger partial charge in [0, 0.05) is 25.4 Å². The normalized spacial score (nSPS) is 14.9. The van der Waals surface area contributed by atoms with Gasteiger partial charge < -0.3 is 11.1 Å². The SMILES string of the molecule is C=NN(NCC)C(C/C=C(N)\C=C/C)=C1C=CC(=N)C=C1. The van der Waals surface area contributed by atoms with Crippen molar-refractivity contribution in [1.29, 1.82) is 5.41 Å². The Morgan fingerprint density at radius 2 is 2.10 bits per heavy atom. The number of hydrogen-bond acceptors (Lipinski definition) is 5. The zero-order valence-corrected chi connectivity index (χ0v) is 12.6. The molecule has 0 saturated heterocycles. The molecule has 0 atom stereocenters. The number of hydrazone groups is 1. The predicted molar refractivity (Wildman–Crippen MR) is 89.8 cm³/mol. The second-order valence-electron chi connectivity index (χ2n) is 4.40. The minimum absolute atomic E-state index is 0.476. The molecule has 1 rings (SSSR count). The Labute approximate surface area is 126 Å². The van der Waals surface area contributed by atoms with E-state index in [4.69, 9.17) is 11.1 Å². The summed E-state index contributed by atoms with van der Waals surface area (Å²) in [7, 11) is 0. The van der Waals surface area contributed by atoms with Crippen molar-refractivity contribution in [2.75, 3.05) is 6.54 Å². The van der Waals surface area contributed by atoms with Gasteiger partial charge in [-0.2, -0.15) is 5.10 Å². The van der Waals surface area contributed by atoms with Gasteiger partial charge in [-0.3, -0.25) is 0 Å². The zero-order chi connectivity index (χ0) is 15.7. The first-order valence-corrected chi connectivity index (χ1v) is 6.88. The molecule has 0 aromatic heterocycles. The van der Waals surface area contributed by atoms with Gasteiger partial charge in [-0.25, -0.2) is 10.5 Å². The molecule has 0 unspecified atom stereocenters. The van der Waals surface area contributed by atoms with Gasteiger partial charge in [0.25, 0.3) is 0 Å². The maximum absolute atomic E-state index is 7.58. The summed E-state index contributed by atoms with van der Waals surface area (Å²) in [6.45, 7) is 8.24. The van der Waals surface area contributed by atoms with Crippen molar-refractivity contribution in [2.45, 2.75) is 20.3 Å². The minimum Gasteiger partial charge on any atom is -0.399 e. The maximum Gasteiger partial charge on any atom is 0.0663 e. The third-order valence-corrected chi connectivity index (χ3v) is 2.81. The largest absolute Gasteiger partial charge is 0.399 e. The molecule has 5 heteroatoms. The van der Waals surface area contributed by atoms with Crippen molar-refractivity contribution in [1.82, 2.24) is 10.5 Å². The number of nitrogens with one attached hydrogen (secondary N) is 2. The monoisotopic (exact) mass is 285 g/mol. The average Bonchev–Trinajstić information content (AvgIpc) is 2.48. The van der Waals surface area contributed by atoms with E-state index in [1.807, 2.05) is 44.2 Å². The highest BCUT2D eigenvalue weighted by Crippen LogP contribution is 2.19. The van der Waals surface area contributed by atoms with Crippen LogP contribution in [0.25, 0.3) is 0 Å². The van der Waals surface area contributed by atoms with Crippen LogP contribution in [0.15, 0.2) is 64.6 Å². The third-order valence-electron chi connectivity index (χ3n) is 2.81. The van der Waals surface area contributed by atoms with Crippen molar-refractivity contribution >= 4 is 12.4 Å². The predicted octanol–water partition coefficient (Wildman–Crippen LogP) is 2.64. The minimum atomic E-state index is 0.476. The van der Waals surface area contributed by atoms with Crippen molar-refractivity contribution in [2.24, 2.45) is 10.8 Å². The number of hydrazine groups is 1. The standard InChI is InChI=1S/C16H23N5/c1-4-6-14(17)11-12-16(21(19-3)20-5-2)13-7-9-15(18)10-8-13/h4,6-11,18,20H,3,5,12,17H2,1-2H3/b6-4-,14-11+,16-13?,18-15?. The first kappa shape index (κ1) is 16.7. The molecule has 0 aromatic rings. The Morgan fingerprint density at radius 1 is 1.43 bits per heavy atom. The van der Waals surface area contributed by atoms with Crippen LogP contribution in [-0.2, 0) is 0 Å². The summed E-state index contributed by atoms with van der Waals surface area (Å²) in [5.41, 5.74) is 12.1. The molecule has 0 heterocycles. The lowest BCUT2D eigenvalue weighted by atomic mass is 10.0. The fraction of sp³-hybridized carbons (Fsp3) is 0.250. The van der Waals surface area contributed by atoms with Crippen molar-refractivity contribution < 1.29 is 0 Å². The molecular weight excluding hydrogens is 262 g/mol. The van der Waals surface area contributed by atoms with E-state index in [0.717, 1.165) is 17.8 Å². The van der Waals surface area contributed by atoms with E-state index in [1.54, 1.807) is 17.3 Å². The van der Waals surface area contributed by atoms with Gasteiger partial charge in [-0.05, 0) is 30.7 Å². The first-order valence-electron chi connectivity index (χ1n) is 6.88. The van der Waals surface area contributed by atoms with Crippen LogP contribution in [0.2, 0.25) is 0 Å². The van der Waals surface area contributed by atoms with Gasteiger partial charge in [0.1, 0.15) is 0 Å². The van der Waals surface area contributed by atoms with Crippen LogP contribution in [0, 0.1) is 5.41 Å². The Morgan fingerprint density at radius 3 is 2.62 bits per heavy atom. The highest BCUT2D eigenvalue weighted by atomic mass is 15.7. The fourth-order valence-corrected chi connectivity index (χ4v) is 1.84. The lowest BCUT2D eigenvalue weighted by Crippen LogP contribution is -2.33. The molecule has 0 aromatic carbocycles. The van der Waals surface area contributed by atoms with Gasteiger partial charge in [0.2, 0.25) is 0 Å². The summed E-state index contributed by atoms with van der Waals surface area (Å²) in [5, 5.41) is 13.2. The summed E-state index contributed by atoms with van der Waals surface area (Å²) < 4.78 is 0. The Balaban J connectivity index is 3.11. The second-order valence-corrected chi connectivity index (χ2v) is 4.40. The maximum atomic E-state index is 7.58. The van der Waals surface area contributed by atoms with Gasteiger partial charge in [0.05, 0.1) is 11.4 Å². The molecule has 1 aliphatic rings. The highest BCUT2D eigenvalue weighted by Gasteiger charge is 2.11. The van der Waals surface area contributed by atoms with Crippen LogP contribution >= 0.6 is 0 Å². The summed E-state index contributed by atoms with van der Waals surface area (Å²) in [4.78, 5) is 0. The summed E-state index contributed by atoms with van der Waals surface area (Å²) in [6.07, 6.45) is 13.6. The molecule has 0 spiro atoms. The van der Waals surface area contributed by atoms with E-state index in [0.29, 0.717) is 17.8 Å². The molecule has 5 nitrogen and oxygen atoms in total. The van der Waals surface area contributed by atoms with Crippen LogP contribution in [0.1, 0.15) is 20.3 Å². The van der Waals surface area contributed by atoms with Gasteiger partial charge in [-0.1, -0.05) is 31.2 Å². The molecule has 0 fully saturated rings. The third kappa shape index (κ3) is 5.24. The first-order chi connectivity index (χ1) is 10.1. The van der Waals surface area contributed by atoms with Crippen molar-refractivity contribution in [3.05, 3.63) is 59.5 Å².